The van der Waals surface area contributed by atoms with Crippen LogP contribution in [0.1, 0.15) is 13.8 Å². The fraction of sp³-hybridized carbons (Fsp3) is 0.533. The molecule has 23 heavy (non-hydrogen) atoms. The zero-order valence-electron chi connectivity index (χ0n) is 13.5. The summed E-state index contributed by atoms with van der Waals surface area (Å²) in [5.41, 5.74) is 0. The molecule has 0 aliphatic carbocycles. The highest BCUT2D eigenvalue weighted by Gasteiger charge is 2.31. The van der Waals surface area contributed by atoms with E-state index < -0.39 is 10.0 Å². The largest absolute Gasteiger partial charge is 0.495 e. The van der Waals surface area contributed by atoms with Gasteiger partial charge in [-0.3, -0.25) is 4.79 Å². The summed E-state index contributed by atoms with van der Waals surface area (Å²) in [5, 5.41) is 0.252. The quantitative estimate of drug-likeness (QED) is 0.821. The molecule has 1 aromatic carbocycles. The van der Waals surface area contributed by atoms with E-state index in [2.05, 4.69) is 0 Å². The maximum absolute atomic E-state index is 12.7. The predicted molar refractivity (Wildman–Crippen MR) is 88.2 cm³/mol. The number of halogens is 1. The second-order valence-corrected chi connectivity index (χ2v) is 8.03. The van der Waals surface area contributed by atoms with Crippen molar-refractivity contribution in [1.82, 2.24) is 9.21 Å². The smallest absolute Gasteiger partial charge is 0.243 e. The van der Waals surface area contributed by atoms with E-state index in [-0.39, 0.29) is 34.8 Å². The molecule has 1 aromatic rings. The van der Waals surface area contributed by atoms with E-state index in [1.165, 1.54) is 29.6 Å². The van der Waals surface area contributed by atoms with Crippen molar-refractivity contribution in [2.24, 2.45) is 5.92 Å². The molecule has 1 saturated heterocycles. The summed E-state index contributed by atoms with van der Waals surface area (Å²) in [5.74, 6) is 0.394. The molecule has 0 unspecified atom stereocenters. The molecule has 2 rings (SSSR count). The van der Waals surface area contributed by atoms with Crippen LogP contribution >= 0.6 is 11.6 Å². The Kier molecular flexibility index (Phi) is 5.54. The van der Waals surface area contributed by atoms with Crippen molar-refractivity contribution in [2.45, 2.75) is 18.7 Å². The van der Waals surface area contributed by atoms with Gasteiger partial charge >= 0.3 is 0 Å². The predicted octanol–water partition coefficient (Wildman–Crippen LogP) is 1.84. The van der Waals surface area contributed by atoms with E-state index in [4.69, 9.17) is 16.3 Å². The van der Waals surface area contributed by atoms with Gasteiger partial charge in [-0.05, 0) is 18.2 Å². The first-order chi connectivity index (χ1) is 10.8. The first-order valence-corrected chi connectivity index (χ1v) is 9.21. The monoisotopic (exact) mass is 360 g/mol. The summed E-state index contributed by atoms with van der Waals surface area (Å²) >= 11 is 6.01. The zero-order chi connectivity index (χ0) is 17.2. The molecule has 0 aromatic heterocycles. The topological polar surface area (TPSA) is 66.9 Å². The summed E-state index contributed by atoms with van der Waals surface area (Å²) in [6, 6.07) is 4.40. The lowest BCUT2D eigenvalue weighted by atomic mass is 10.2. The second-order valence-electron chi connectivity index (χ2n) is 5.68. The van der Waals surface area contributed by atoms with Gasteiger partial charge in [-0.2, -0.15) is 4.31 Å². The van der Waals surface area contributed by atoms with Crippen LogP contribution in [-0.2, 0) is 14.8 Å². The van der Waals surface area contributed by atoms with Crippen LogP contribution in [0.5, 0.6) is 5.75 Å². The Morgan fingerprint density at radius 3 is 2.30 bits per heavy atom. The van der Waals surface area contributed by atoms with Crippen LogP contribution in [0.3, 0.4) is 0 Å². The standard InChI is InChI=1S/C15H21ClN2O4S/c1-11(2)15(19)17-6-8-18(9-7-17)23(20,21)12-4-5-14(22-3)13(16)10-12/h4-5,10-11H,6-9H2,1-3H3. The molecular weight excluding hydrogens is 340 g/mol. The molecule has 1 heterocycles. The summed E-state index contributed by atoms with van der Waals surface area (Å²) in [4.78, 5) is 13.8. The first-order valence-electron chi connectivity index (χ1n) is 7.40. The van der Waals surface area contributed by atoms with E-state index in [0.717, 1.165) is 0 Å². The average molecular weight is 361 g/mol. The van der Waals surface area contributed by atoms with Gasteiger partial charge in [-0.15, -0.1) is 0 Å². The Balaban J connectivity index is 2.13. The number of methoxy groups -OCH3 is 1. The molecule has 0 saturated carbocycles. The summed E-state index contributed by atoms with van der Waals surface area (Å²) in [6.45, 7) is 5.05. The molecular formula is C15H21ClN2O4S. The van der Waals surface area contributed by atoms with Gasteiger partial charge in [0.25, 0.3) is 0 Å². The maximum atomic E-state index is 12.7. The number of carbonyl (C=O) groups excluding carboxylic acids is 1. The van der Waals surface area contributed by atoms with E-state index >= 15 is 0 Å². The van der Waals surface area contributed by atoms with Crippen molar-refractivity contribution in [1.29, 1.82) is 0 Å². The zero-order valence-corrected chi connectivity index (χ0v) is 15.0. The van der Waals surface area contributed by atoms with Crippen LogP contribution in [0.25, 0.3) is 0 Å². The number of amides is 1. The van der Waals surface area contributed by atoms with Gasteiger partial charge < -0.3 is 9.64 Å². The number of hydrogen-bond acceptors (Lipinski definition) is 4. The first kappa shape index (κ1) is 18.0. The molecule has 1 fully saturated rings. The number of nitrogens with zero attached hydrogens (tertiary/aromatic N) is 2. The fourth-order valence-electron chi connectivity index (χ4n) is 2.47. The van der Waals surface area contributed by atoms with E-state index in [0.29, 0.717) is 18.8 Å². The number of sulfonamides is 1. The van der Waals surface area contributed by atoms with Crippen molar-refractivity contribution in [3.63, 3.8) is 0 Å². The van der Waals surface area contributed by atoms with E-state index in [1.54, 1.807) is 4.90 Å². The number of hydrogen-bond donors (Lipinski definition) is 0. The van der Waals surface area contributed by atoms with Crippen molar-refractivity contribution in [3.8, 4) is 5.75 Å². The Morgan fingerprint density at radius 2 is 1.83 bits per heavy atom. The third kappa shape index (κ3) is 3.79. The molecule has 0 atom stereocenters. The summed E-state index contributed by atoms with van der Waals surface area (Å²) in [7, 11) is -2.15. The molecule has 0 spiro atoms. The Labute approximate surface area is 142 Å². The second kappa shape index (κ2) is 7.07. The van der Waals surface area contributed by atoms with Gasteiger partial charge in [0.15, 0.2) is 0 Å². The molecule has 0 bridgehead atoms. The van der Waals surface area contributed by atoms with Gasteiger partial charge in [0.05, 0.1) is 17.0 Å². The van der Waals surface area contributed by atoms with Crippen molar-refractivity contribution < 1.29 is 17.9 Å². The number of piperazine rings is 1. The average Bonchev–Trinajstić information content (AvgIpc) is 2.54. The van der Waals surface area contributed by atoms with Gasteiger partial charge in [0, 0.05) is 32.1 Å². The van der Waals surface area contributed by atoms with Crippen molar-refractivity contribution in [3.05, 3.63) is 23.2 Å². The number of carbonyl (C=O) groups is 1. The lowest BCUT2D eigenvalue weighted by Crippen LogP contribution is -2.51. The molecule has 1 aliphatic heterocycles. The molecule has 1 aliphatic rings. The van der Waals surface area contributed by atoms with Gasteiger partial charge in [-0.1, -0.05) is 25.4 Å². The van der Waals surface area contributed by atoms with Crippen LogP contribution in [0.2, 0.25) is 5.02 Å². The minimum absolute atomic E-state index is 0.0505. The number of rotatable bonds is 4. The van der Waals surface area contributed by atoms with E-state index in [9.17, 15) is 13.2 Å². The normalized spacial score (nSPS) is 16.7. The van der Waals surface area contributed by atoms with Crippen molar-refractivity contribution in [2.75, 3.05) is 33.3 Å². The molecule has 8 heteroatoms. The molecule has 0 N–H and O–H groups in total. The van der Waals surface area contributed by atoms with Crippen LogP contribution in [0.15, 0.2) is 23.1 Å². The highest BCUT2D eigenvalue weighted by molar-refractivity contribution is 7.89. The Hall–Kier alpha value is -1.31. The third-order valence-electron chi connectivity index (χ3n) is 3.81. The minimum atomic E-state index is -3.62. The molecule has 0 radical (unpaired) electrons. The molecule has 1 amide bonds. The highest BCUT2D eigenvalue weighted by Crippen LogP contribution is 2.28. The van der Waals surface area contributed by atoms with E-state index in [1.807, 2.05) is 13.8 Å². The van der Waals surface area contributed by atoms with Crippen LogP contribution in [-0.4, -0.2) is 56.8 Å². The third-order valence-corrected chi connectivity index (χ3v) is 6.00. The molecule has 128 valence electrons. The van der Waals surface area contributed by atoms with Crippen LogP contribution in [0.4, 0.5) is 0 Å². The summed E-state index contributed by atoms with van der Waals surface area (Å²) < 4.78 is 31.8. The van der Waals surface area contributed by atoms with Gasteiger partial charge in [0.2, 0.25) is 15.9 Å². The number of benzene rings is 1. The van der Waals surface area contributed by atoms with Crippen LogP contribution in [0, 0.1) is 5.92 Å². The molecule has 6 nitrogen and oxygen atoms in total. The summed E-state index contributed by atoms with van der Waals surface area (Å²) in [6.07, 6.45) is 0. The lowest BCUT2D eigenvalue weighted by molar-refractivity contribution is -0.135. The van der Waals surface area contributed by atoms with Crippen LogP contribution < -0.4 is 4.74 Å². The number of ether oxygens (including phenoxy) is 1. The lowest BCUT2D eigenvalue weighted by Gasteiger charge is -2.34. The fourth-order valence-corrected chi connectivity index (χ4v) is 4.24. The van der Waals surface area contributed by atoms with Gasteiger partial charge in [0.1, 0.15) is 5.75 Å². The maximum Gasteiger partial charge on any atom is 0.243 e. The Bertz CT molecular complexity index is 683. The van der Waals surface area contributed by atoms with Gasteiger partial charge in [-0.25, -0.2) is 8.42 Å². The highest BCUT2D eigenvalue weighted by atomic mass is 35.5. The Morgan fingerprint density at radius 1 is 1.22 bits per heavy atom. The van der Waals surface area contributed by atoms with Crippen molar-refractivity contribution >= 4 is 27.5 Å². The SMILES string of the molecule is COc1ccc(S(=O)(=O)N2CCN(C(=O)C(C)C)CC2)cc1Cl. The minimum Gasteiger partial charge on any atom is -0.495 e.